The van der Waals surface area contributed by atoms with Crippen LogP contribution in [-0.4, -0.2) is 31.4 Å². The molecule has 30 heavy (non-hydrogen) atoms. The molecule has 3 N–H and O–H groups in total. The first-order chi connectivity index (χ1) is 13.9. The summed E-state index contributed by atoms with van der Waals surface area (Å²) < 4.78 is 40.4. The highest BCUT2D eigenvalue weighted by Crippen LogP contribution is 2.28. The predicted octanol–water partition coefficient (Wildman–Crippen LogP) is 3.67. The molecule has 0 atom stereocenters. The second-order valence-corrected chi connectivity index (χ2v) is 10.8. The van der Waals surface area contributed by atoms with Crippen LogP contribution in [0, 0.1) is 5.82 Å². The van der Waals surface area contributed by atoms with Crippen LogP contribution in [-0.2, 0) is 10.0 Å². The summed E-state index contributed by atoms with van der Waals surface area (Å²) in [5.41, 5.74) is 0.465. The molecule has 0 unspecified atom stereocenters. The summed E-state index contributed by atoms with van der Waals surface area (Å²) in [7, 11) is -3.84. The van der Waals surface area contributed by atoms with E-state index >= 15 is 0 Å². The minimum atomic E-state index is -3.84. The van der Waals surface area contributed by atoms with Gasteiger partial charge in [-0.1, -0.05) is 0 Å². The molecule has 0 bridgehead atoms. The normalized spacial score (nSPS) is 18.6. The van der Waals surface area contributed by atoms with Crippen LogP contribution in [0.4, 0.5) is 10.1 Å². The Balaban J connectivity index is 1.69. The van der Waals surface area contributed by atoms with Crippen LogP contribution >= 0.6 is 0 Å². The Morgan fingerprint density at radius 1 is 0.967 bits per heavy atom. The number of carbonyl (C=O) groups excluding carboxylic acids is 1. The van der Waals surface area contributed by atoms with Crippen LogP contribution in [0.15, 0.2) is 53.4 Å². The largest absolute Gasteiger partial charge is 0.349 e. The average Bonchev–Trinajstić information content (AvgIpc) is 2.61. The third-order valence-corrected chi connectivity index (χ3v) is 6.45. The van der Waals surface area contributed by atoms with Crippen LogP contribution in [0.1, 0.15) is 50.9 Å². The third-order valence-electron chi connectivity index (χ3n) is 5.05. The number of piperidine rings is 1. The molecule has 0 saturated carbocycles. The minimum Gasteiger partial charge on any atom is -0.349 e. The minimum absolute atomic E-state index is 0.0206. The maximum Gasteiger partial charge on any atom is 0.261 e. The van der Waals surface area contributed by atoms with Crippen molar-refractivity contribution < 1.29 is 17.6 Å². The zero-order chi connectivity index (χ0) is 22.2. The number of benzene rings is 2. The SMILES string of the molecule is CC1(C)CC(NC(=O)c2ccc(S(=O)(=O)Nc3ccc(F)cc3)cc2)CC(C)(C)N1. The van der Waals surface area contributed by atoms with Gasteiger partial charge in [0.25, 0.3) is 15.9 Å². The van der Waals surface area contributed by atoms with Gasteiger partial charge in [0, 0.05) is 28.4 Å². The smallest absolute Gasteiger partial charge is 0.261 e. The van der Waals surface area contributed by atoms with Gasteiger partial charge in [0.1, 0.15) is 5.82 Å². The van der Waals surface area contributed by atoms with Crippen LogP contribution in [0.2, 0.25) is 0 Å². The highest BCUT2D eigenvalue weighted by atomic mass is 32.2. The van der Waals surface area contributed by atoms with Gasteiger partial charge in [0.05, 0.1) is 4.90 Å². The van der Waals surface area contributed by atoms with Gasteiger partial charge in [-0.15, -0.1) is 0 Å². The van der Waals surface area contributed by atoms with Gasteiger partial charge in [-0.3, -0.25) is 9.52 Å². The summed E-state index contributed by atoms with van der Waals surface area (Å²) in [5, 5.41) is 6.65. The van der Waals surface area contributed by atoms with Crippen molar-refractivity contribution in [3.63, 3.8) is 0 Å². The lowest BCUT2D eigenvalue weighted by atomic mass is 9.79. The van der Waals surface area contributed by atoms with Gasteiger partial charge in [-0.2, -0.15) is 0 Å². The van der Waals surface area contributed by atoms with Gasteiger partial charge < -0.3 is 10.6 Å². The number of sulfonamides is 1. The maximum atomic E-state index is 13.0. The fourth-order valence-electron chi connectivity index (χ4n) is 4.21. The van der Waals surface area contributed by atoms with E-state index in [1.165, 1.54) is 48.5 Å². The Bertz CT molecular complexity index is 1000. The molecule has 2 aromatic carbocycles. The van der Waals surface area contributed by atoms with Crippen molar-refractivity contribution in [2.75, 3.05) is 4.72 Å². The number of anilines is 1. The fourth-order valence-corrected chi connectivity index (χ4v) is 5.27. The number of carbonyl (C=O) groups is 1. The molecule has 1 heterocycles. The van der Waals surface area contributed by atoms with E-state index < -0.39 is 15.8 Å². The summed E-state index contributed by atoms with van der Waals surface area (Å²) in [6.45, 7) is 8.45. The highest BCUT2D eigenvalue weighted by Gasteiger charge is 2.38. The molecular formula is C22H28FN3O3S. The van der Waals surface area contributed by atoms with E-state index in [-0.39, 0.29) is 33.6 Å². The van der Waals surface area contributed by atoms with Gasteiger partial charge in [0.15, 0.2) is 0 Å². The summed E-state index contributed by atoms with van der Waals surface area (Å²) in [6.07, 6.45) is 1.60. The van der Waals surface area contributed by atoms with E-state index in [2.05, 4.69) is 43.1 Å². The zero-order valence-corrected chi connectivity index (χ0v) is 18.4. The zero-order valence-electron chi connectivity index (χ0n) is 17.6. The lowest BCUT2D eigenvalue weighted by Gasteiger charge is -2.46. The quantitative estimate of drug-likeness (QED) is 0.672. The first-order valence-corrected chi connectivity index (χ1v) is 11.3. The third kappa shape index (κ3) is 5.58. The van der Waals surface area contributed by atoms with Crippen molar-refractivity contribution in [1.29, 1.82) is 0 Å². The van der Waals surface area contributed by atoms with Crippen molar-refractivity contribution in [2.24, 2.45) is 0 Å². The number of hydrogen-bond donors (Lipinski definition) is 3. The van der Waals surface area contributed by atoms with Gasteiger partial charge in [0.2, 0.25) is 0 Å². The second kappa shape index (κ2) is 8.00. The molecule has 1 aliphatic rings. The molecule has 1 fully saturated rings. The van der Waals surface area contributed by atoms with Crippen molar-refractivity contribution in [3.05, 3.63) is 59.9 Å². The predicted molar refractivity (Wildman–Crippen MR) is 115 cm³/mol. The molecule has 162 valence electrons. The van der Waals surface area contributed by atoms with Crippen LogP contribution in [0.25, 0.3) is 0 Å². The molecule has 6 nitrogen and oxygen atoms in total. The van der Waals surface area contributed by atoms with E-state index in [1.54, 1.807) is 0 Å². The van der Waals surface area contributed by atoms with E-state index in [1.807, 2.05) is 0 Å². The number of hydrogen-bond acceptors (Lipinski definition) is 4. The van der Waals surface area contributed by atoms with Crippen LogP contribution in [0.5, 0.6) is 0 Å². The van der Waals surface area contributed by atoms with Crippen molar-refractivity contribution in [2.45, 2.75) is 62.6 Å². The van der Waals surface area contributed by atoms with Crippen LogP contribution in [0.3, 0.4) is 0 Å². The molecule has 0 aliphatic carbocycles. The molecular weight excluding hydrogens is 405 g/mol. The number of amides is 1. The Morgan fingerprint density at radius 2 is 1.50 bits per heavy atom. The maximum absolute atomic E-state index is 13.0. The number of rotatable bonds is 5. The first kappa shape index (κ1) is 22.2. The van der Waals surface area contributed by atoms with E-state index in [4.69, 9.17) is 0 Å². The Morgan fingerprint density at radius 3 is 2.03 bits per heavy atom. The lowest BCUT2D eigenvalue weighted by molar-refractivity contribution is 0.0873. The van der Waals surface area contributed by atoms with Gasteiger partial charge >= 0.3 is 0 Å². The summed E-state index contributed by atoms with van der Waals surface area (Å²) in [4.78, 5) is 12.7. The fraction of sp³-hybridized carbons (Fsp3) is 0.409. The molecule has 0 aromatic heterocycles. The van der Waals surface area contributed by atoms with E-state index in [0.29, 0.717) is 5.56 Å². The molecule has 2 aromatic rings. The van der Waals surface area contributed by atoms with E-state index in [9.17, 15) is 17.6 Å². The molecule has 0 radical (unpaired) electrons. The topological polar surface area (TPSA) is 87.3 Å². The molecule has 0 spiro atoms. The van der Waals surface area contributed by atoms with Gasteiger partial charge in [-0.05, 0) is 89.1 Å². The first-order valence-electron chi connectivity index (χ1n) is 9.84. The molecule has 1 aliphatic heterocycles. The Hall–Kier alpha value is -2.45. The second-order valence-electron chi connectivity index (χ2n) is 9.11. The number of nitrogens with one attached hydrogen (secondary N) is 3. The van der Waals surface area contributed by atoms with Gasteiger partial charge in [-0.25, -0.2) is 12.8 Å². The van der Waals surface area contributed by atoms with Crippen LogP contribution < -0.4 is 15.4 Å². The molecule has 8 heteroatoms. The summed E-state index contributed by atoms with van der Waals surface area (Å²) in [6, 6.07) is 10.8. The van der Waals surface area contributed by atoms with Crippen molar-refractivity contribution in [3.8, 4) is 0 Å². The Labute approximate surface area is 177 Å². The molecule has 1 saturated heterocycles. The van der Waals surface area contributed by atoms with Crippen molar-refractivity contribution in [1.82, 2.24) is 10.6 Å². The molecule has 1 amide bonds. The molecule has 3 rings (SSSR count). The van der Waals surface area contributed by atoms with E-state index in [0.717, 1.165) is 12.8 Å². The summed E-state index contributed by atoms with van der Waals surface area (Å²) in [5.74, 6) is -0.683. The Kier molecular flexibility index (Phi) is 5.93. The standard InChI is InChI=1S/C22H28FN3O3S/c1-21(2)13-18(14-22(3,4)26-21)24-20(27)15-5-11-19(12-6-15)30(28,29)25-17-9-7-16(23)8-10-17/h5-12,18,25-26H,13-14H2,1-4H3,(H,24,27). The average molecular weight is 434 g/mol. The lowest BCUT2D eigenvalue weighted by Crippen LogP contribution is -2.62. The highest BCUT2D eigenvalue weighted by molar-refractivity contribution is 7.92. The monoisotopic (exact) mass is 433 g/mol. The summed E-state index contributed by atoms with van der Waals surface area (Å²) >= 11 is 0. The number of halogens is 1. The van der Waals surface area contributed by atoms with Crippen molar-refractivity contribution >= 4 is 21.6 Å².